The molecular formula is C28H31N5O4. The van der Waals surface area contributed by atoms with Crippen molar-refractivity contribution < 1.29 is 19.2 Å². The second-order valence-corrected chi connectivity index (χ2v) is 9.48. The average molecular weight is 502 g/mol. The molecule has 192 valence electrons. The number of nitrogens with one attached hydrogen (secondary N) is 3. The van der Waals surface area contributed by atoms with Gasteiger partial charge in [0.25, 0.3) is 0 Å². The number of anilines is 1. The van der Waals surface area contributed by atoms with Crippen molar-refractivity contribution in [1.29, 1.82) is 0 Å². The van der Waals surface area contributed by atoms with Gasteiger partial charge in [-0.05, 0) is 51.3 Å². The highest BCUT2D eigenvalue weighted by atomic mass is 16.5. The van der Waals surface area contributed by atoms with E-state index >= 15 is 0 Å². The maximum atomic E-state index is 12.3. The molecule has 9 heteroatoms. The molecule has 9 nitrogen and oxygen atoms in total. The van der Waals surface area contributed by atoms with Crippen molar-refractivity contribution in [1.82, 2.24) is 15.5 Å². The summed E-state index contributed by atoms with van der Waals surface area (Å²) < 4.78 is 11.2. The van der Waals surface area contributed by atoms with Crippen molar-refractivity contribution in [2.75, 3.05) is 12.4 Å². The van der Waals surface area contributed by atoms with Crippen LogP contribution in [-0.2, 0) is 4.79 Å². The van der Waals surface area contributed by atoms with Gasteiger partial charge < -0.3 is 30.0 Å². The number of aryl methyl sites for hydroxylation is 2. The summed E-state index contributed by atoms with van der Waals surface area (Å²) >= 11 is 0. The highest BCUT2D eigenvalue weighted by Crippen LogP contribution is 2.41. The molecule has 0 saturated carbocycles. The number of aromatic nitrogens is 2. The van der Waals surface area contributed by atoms with Crippen LogP contribution in [0.25, 0.3) is 22.0 Å². The van der Waals surface area contributed by atoms with Crippen molar-refractivity contribution >= 4 is 28.5 Å². The van der Waals surface area contributed by atoms with Crippen molar-refractivity contribution in [2.24, 2.45) is 10.9 Å². The predicted octanol–water partition coefficient (Wildman–Crippen LogP) is 5.09. The van der Waals surface area contributed by atoms with Crippen molar-refractivity contribution in [3.8, 4) is 16.9 Å². The minimum Gasteiger partial charge on any atom is -0.496 e. The monoisotopic (exact) mass is 501 g/mol. The van der Waals surface area contributed by atoms with Gasteiger partial charge in [-0.1, -0.05) is 36.0 Å². The third kappa shape index (κ3) is 4.41. The Hall–Kier alpha value is -4.27. The summed E-state index contributed by atoms with van der Waals surface area (Å²) in [6.45, 7) is 9.91. The molecule has 1 unspecified atom stereocenters. The van der Waals surface area contributed by atoms with E-state index in [0.29, 0.717) is 35.8 Å². The average Bonchev–Trinajstić information content (AvgIpc) is 3.40. The van der Waals surface area contributed by atoms with Crippen LogP contribution in [0.3, 0.4) is 0 Å². The number of hydrogen-bond donors (Lipinski definition) is 4. The zero-order valence-electron chi connectivity index (χ0n) is 21.4. The Morgan fingerprint density at radius 2 is 2.08 bits per heavy atom. The minimum absolute atomic E-state index is 0.225. The molecule has 2 aliphatic rings. The summed E-state index contributed by atoms with van der Waals surface area (Å²) in [5.41, 5.74) is 4.94. The number of hydrogen-bond acceptors (Lipinski definition) is 7. The quantitative estimate of drug-likeness (QED) is 0.393. The van der Waals surface area contributed by atoms with E-state index in [1.807, 2.05) is 57.2 Å². The van der Waals surface area contributed by atoms with E-state index in [0.717, 1.165) is 39.1 Å². The Bertz CT molecular complexity index is 1460. The Kier molecular flexibility index (Phi) is 6.37. The number of fused-ring (bicyclic) bond motifs is 3. The van der Waals surface area contributed by atoms with Crippen LogP contribution in [0.1, 0.15) is 36.8 Å². The lowest BCUT2D eigenvalue weighted by molar-refractivity contribution is -0.142. The molecule has 3 heterocycles. The van der Waals surface area contributed by atoms with Crippen LogP contribution < -0.4 is 15.4 Å². The number of carboxylic acid groups (broad SMARTS) is 1. The van der Waals surface area contributed by atoms with Crippen LogP contribution in [0.4, 0.5) is 5.82 Å². The van der Waals surface area contributed by atoms with E-state index in [1.54, 1.807) is 7.11 Å². The van der Waals surface area contributed by atoms with Gasteiger partial charge in [0.2, 0.25) is 0 Å². The number of allylic oxidation sites excluding steroid dienone is 3. The van der Waals surface area contributed by atoms with Crippen LogP contribution in [0.15, 0.2) is 58.1 Å². The molecule has 4 N–H and O–H groups in total. The Balaban J connectivity index is 1.62. The SMILES string of the molecule is C=C1/C=C\C=C/CC[C@H](C(=O)O)[C@@H]1NC1=NC(C)Nc2[nH]c3cc(-c4c(C)noc4C)c(OC)cc3c21. The van der Waals surface area contributed by atoms with Gasteiger partial charge in [-0.25, -0.2) is 4.99 Å². The number of methoxy groups -OCH3 is 1. The van der Waals surface area contributed by atoms with Crippen molar-refractivity contribution in [2.45, 2.75) is 45.8 Å². The number of ether oxygens (including phenoxy) is 1. The smallest absolute Gasteiger partial charge is 0.308 e. The van der Waals surface area contributed by atoms with Crippen LogP contribution in [0.5, 0.6) is 5.75 Å². The third-order valence-corrected chi connectivity index (χ3v) is 6.95. The number of benzene rings is 1. The minimum atomic E-state index is -0.866. The number of rotatable bonds is 4. The second kappa shape index (κ2) is 9.65. The number of H-pyrrole nitrogens is 1. The standard InChI is InChI=1S/C28H31N5O4/c1-14-10-8-6-7-9-11-18(28(34)35)25(14)32-27-24-19-13-22(36-5)20(23-15(2)33-37-16(23)3)12-21(19)31-26(24)29-17(4)30-27/h6-8,10,12-13,17-18,25,29,31H,1,9,11H2,2-5H3,(H,30,32)(H,34,35)/b7-6-,10-8-/t17?,18-,25+/m0/s1. The van der Waals surface area contributed by atoms with Gasteiger partial charge >= 0.3 is 5.97 Å². The molecule has 0 fully saturated rings. The van der Waals surface area contributed by atoms with Crippen LogP contribution in [0, 0.1) is 19.8 Å². The molecule has 3 aromatic rings. The highest BCUT2D eigenvalue weighted by molar-refractivity contribution is 6.16. The van der Waals surface area contributed by atoms with Crippen LogP contribution in [0.2, 0.25) is 0 Å². The molecule has 1 aliphatic carbocycles. The first kappa shape index (κ1) is 24.4. The number of aliphatic imine (C=N–C) groups is 1. The number of aliphatic carboxylic acids is 1. The van der Waals surface area contributed by atoms with Gasteiger partial charge in [-0.15, -0.1) is 0 Å². The lowest BCUT2D eigenvalue weighted by atomic mass is 9.89. The molecule has 0 radical (unpaired) electrons. The molecule has 1 aliphatic heterocycles. The Morgan fingerprint density at radius 3 is 2.78 bits per heavy atom. The van der Waals surface area contributed by atoms with Crippen LogP contribution >= 0.6 is 0 Å². The Labute approximate surface area is 215 Å². The third-order valence-electron chi connectivity index (χ3n) is 6.95. The maximum Gasteiger partial charge on any atom is 0.308 e. The number of amidine groups is 1. The summed E-state index contributed by atoms with van der Waals surface area (Å²) in [6.07, 6.45) is 8.58. The molecular weight excluding hydrogens is 470 g/mol. The van der Waals surface area contributed by atoms with E-state index in [2.05, 4.69) is 27.4 Å². The summed E-state index contributed by atoms with van der Waals surface area (Å²) in [6, 6.07) is 3.46. The molecule has 0 saturated heterocycles. The molecule has 0 amide bonds. The van der Waals surface area contributed by atoms with E-state index in [1.165, 1.54) is 0 Å². The molecule has 0 bridgehead atoms. The molecule has 37 heavy (non-hydrogen) atoms. The molecule has 3 atom stereocenters. The molecule has 1 aromatic carbocycles. The predicted molar refractivity (Wildman–Crippen MR) is 144 cm³/mol. The molecule has 0 spiro atoms. The summed E-state index contributed by atoms with van der Waals surface area (Å²) in [5, 5.41) is 21.9. The zero-order chi connectivity index (χ0) is 26.3. The van der Waals surface area contributed by atoms with Gasteiger partial charge in [0.1, 0.15) is 29.3 Å². The second-order valence-electron chi connectivity index (χ2n) is 9.48. The van der Waals surface area contributed by atoms with Crippen molar-refractivity contribution in [3.63, 3.8) is 0 Å². The summed E-state index contributed by atoms with van der Waals surface area (Å²) in [4.78, 5) is 20.6. The lowest BCUT2D eigenvalue weighted by Crippen LogP contribution is -2.46. The topological polar surface area (TPSA) is 125 Å². The van der Waals surface area contributed by atoms with Gasteiger partial charge in [0.05, 0.1) is 35.9 Å². The number of carboxylic acids is 1. The van der Waals surface area contributed by atoms with E-state index in [9.17, 15) is 9.90 Å². The van der Waals surface area contributed by atoms with Gasteiger partial charge in [-0.3, -0.25) is 4.79 Å². The van der Waals surface area contributed by atoms with Crippen molar-refractivity contribution in [3.05, 3.63) is 65.6 Å². The normalized spacial score (nSPS) is 23.2. The Morgan fingerprint density at radius 1 is 1.27 bits per heavy atom. The fraction of sp³-hybridized carbons (Fsp3) is 0.321. The fourth-order valence-corrected chi connectivity index (χ4v) is 5.18. The van der Waals surface area contributed by atoms with Gasteiger partial charge in [0.15, 0.2) is 0 Å². The number of carbonyl (C=O) groups is 1. The first-order valence-electron chi connectivity index (χ1n) is 12.3. The lowest BCUT2D eigenvalue weighted by Gasteiger charge is -2.29. The van der Waals surface area contributed by atoms with E-state index in [-0.39, 0.29) is 6.17 Å². The maximum absolute atomic E-state index is 12.3. The fourth-order valence-electron chi connectivity index (χ4n) is 5.18. The summed E-state index contributed by atoms with van der Waals surface area (Å²) in [5.74, 6) is 1.26. The van der Waals surface area contributed by atoms with Gasteiger partial charge in [-0.2, -0.15) is 0 Å². The van der Waals surface area contributed by atoms with Gasteiger partial charge in [0, 0.05) is 16.5 Å². The highest BCUT2D eigenvalue weighted by Gasteiger charge is 2.33. The zero-order valence-corrected chi connectivity index (χ0v) is 21.4. The van der Waals surface area contributed by atoms with E-state index < -0.39 is 17.9 Å². The largest absolute Gasteiger partial charge is 0.496 e. The molecule has 2 aromatic heterocycles. The number of aromatic amines is 1. The molecule has 5 rings (SSSR count). The summed E-state index contributed by atoms with van der Waals surface area (Å²) in [7, 11) is 1.63. The first-order valence-corrected chi connectivity index (χ1v) is 12.3. The first-order chi connectivity index (χ1) is 17.8. The number of nitrogens with zero attached hydrogens (tertiary/aromatic N) is 2. The van der Waals surface area contributed by atoms with Crippen LogP contribution in [-0.4, -0.2) is 46.4 Å². The van der Waals surface area contributed by atoms with E-state index in [4.69, 9.17) is 14.3 Å².